The first-order valence-electron chi connectivity index (χ1n) is 10.0. The van der Waals surface area contributed by atoms with Gasteiger partial charge in [0, 0.05) is 5.92 Å². The molecule has 4 fully saturated rings. The van der Waals surface area contributed by atoms with Gasteiger partial charge in [0.1, 0.15) is 5.78 Å². The van der Waals surface area contributed by atoms with E-state index in [2.05, 4.69) is 13.8 Å². The smallest absolute Gasteiger partial charge is 0.133 e. The minimum atomic E-state index is -0.0490. The Balaban J connectivity index is 1.61. The van der Waals surface area contributed by atoms with Crippen molar-refractivity contribution in [2.75, 3.05) is 0 Å². The van der Waals surface area contributed by atoms with Gasteiger partial charge in [-0.3, -0.25) is 4.79 Å². The van der Waals surface area contributed by atoms with Gasteiger partial charge in [0.2, 0.25) is 0 Å². The summed E-state index contributed by atoms with van der Waals surface area (Å²) >= 11 is 0. The van der Waals surface area contributed by atoms with Crippen LogP contribution in [0.3, 0.4) is 0 Å². The largest absolute Gasteiger partial charge is 0.393 e. The lowest BCUT2D eigenvalue weighted by Gasteiger charge is -2.60. The topological polar surface area (TPSA) is 37.3 Å². The van der Waals surface area contributed by atoms with Crippen molar-refractivity contribution in [3.63, 3.8) is 0 Å². The number of rotatable bonds is 1. The lowest BCUT2D eigenvalue weighted by Crippen LogP contribution is -2.54. The summed E-state index contributed by atoms with van der Waals surface area (Å²) in [4.78, 5) is 12.2. The van der Waals surface area contributed by atoms with Crippen molar-refractivity contribution in [2.45, 2.75) is 84.7 Å². The number of hydrogen-bond donors (Lipinski definition) is 1. The standard InChI is InChI=1S/C21H34O2/c1-13(22)17-6-7-18-16-5-4-14-12-15(23)8-10-20(14,2)19(16)9-11-21(17,18)3/h14-19,23H,4-12H2,1-3H3/t14-,15-,16?,17-,18?,19?,20+,21-/m1/s1. The molecule has 0 aromatic carbocycles. The Morgan fingerprint density at radius 3 is 2.35 bits per heavy atom. The molecule has 3 unspecified atom stereocenters. The molecule has 23 heavy (non-hydrogen) atoms. The molecule has 2 heteroatoms. The van der Waals surface area contributed by atoms with Crippen molar-refractivity contribution in [2.24, 2.45) is 40.4 Å². The van der Waals surface area contributed by atoms with E-state index in [0.29, 0.717) is 17.1 Å². The molecule has 4 aliphatic rings. The molecule has 0 heterocycles. The number of Topliss-reactive ketones (excluding diaryl/α,β-unsaturated/α-hetero) is 1. The van der Waals surface area contributed by atoms with E-state index in [1.54, 1.807) is 0 Å². The van der Waals surface area contributed by atoms with Crippen molar-refractivity contribution >= 4 is 5.78 Å². The van der Waals surface area contributed by atoms with E-state index in [4.69, 9.17) is 0 Å². The predicted molar refractivity (Wildman–Crippen MR) is 91.9 cm³/mol. The summed E-state index contributed by atoms with van der Waals surface area (Å²) in [5.41, 5.74) is 0.738. The van der Waals surface area contributed by atoms with Crippen molar-refractivity contribution in [3.8, 4) is 0 Å². The van der Waals surface area contributed by atoms with Gasteiger partial charge in [-0.1, -0.05) is 13.8 Å². The van der Waals surface area contributed by atoms with Gasteiger partial charge in [-0.2, -0.15) is 0 Å². The molecule has 0 radical (unpaired) electrons. The number of carbonyl (C=O) groups excluding carboxylic acids is 1. The quantitative estimate of drug-likeness (QED) is 0.767. The van der Waals surface area contributed by atoms with Gasteiger partial charge < -0.3 is 5.11 Å². The molecule has 0 aromatic rings. The highest BCUT2D eigenvalue weighted by molar-refractivity contribution is 5.79. The number of hydrogen-bond acceptors (Lipinski definition) is 2. The fourth-order valence-corrected chi connectivity index (χ4v) is 7.90. The second-order valence-electron chi connectivity index (χ2n) is 9.87. The van der Waals surface area contributed by atoms with Crippen LogP contribution in [-0.4, -0.2) is 17.0 Å². The summed E-state index contributed by atoms with van der Waals surface area (Å²) < 4.78 is 0. The highest BCUT2D eigenvalue weighted by Crippen LogP contribution is 2.67. The van der Waals surface area contributed by atoms with Gasteiger partial charge in [0.25, 0.3) is 0 Å². The number of aliphatic hydroxyl groups excluding tert-OH is 1. The first-order valence-corrected chi connectivity index (χ1v) is 10.0. The SMILES string of the molecule is CC(=O)[C@H]1CCC2C3CC[C@@H]4C[C@H](O)CC[C@]4(C)C3CC[C@@]21C. The molecule has 130 valence electrons. The Labute approximate surface area is 141 Å². The monoisotopic (exact) mass is 318 g/mol. The minimum absolute atomic E-state index is 0.0490. The molecular formula is C21H34O2. The van der Waals surface area contributed by atoms with Crippen LogP contribution in [-0.2, 0) is 4.79 Å². The zero-order chi connectivity index (χ0) is 16.4. The van der Waals surface area contributed by atoms with Crippen LogP contribution in [0.5, 0.6) is 0 Å². The van der Waals surface area contributed by atoms with Crippen LogP contribution in [0, 0.1) is 40.4 Å². The van der Waals surface area contributed by atoms with E-state index in [1.807, 2.05) is 6.92 Å². The van der Waals surface area contributed by atoms with E-state index in [0.717, 1.165) is 42.9 Å². The van der Waals surface area contributed by atoms with Crippen molar-refractivity contribution < 1.29 is 9.90 Å². The first-order chi connectivity index (χ1) is 10.9. The highest BCUT2D eigenvalue weighted by atomic mass is 16.3. The van der Waals surface area contributed by atoms with Crippen LogP contribution in [0.2, 0.25) is 0 Å². The maximum atomic E-state index is 12.2. The van der Waals surface area contributed by atoms with Crippen LogP contribution >= 0.6 is 0 Å². The summed E-state index contributed by atoms with van der Waals surface area (Å²) in [6.45, 7) is 6.80. The second kappa shape index (κ2) is 5.31. The Kier molecular flexibility index (Phi) is 3.72. The van der Waals surface area contributed by atoms with E-state index in [1.165, 1.54) is 38.5 Å². The summed E-state index contributed by atoms with van der Waals surface area (Å²) in [6.07, 6.45) is 10.9. The van der Waals surface area contributed by atoms with Gasteiger partial charge in [0.05, 0.1) is 6.10 Å². The van der Waals surface area contributed by atoms with Crippen molar-refractivity contribution in [1.29, 1.82) is 0 Å². The zero-order valence-electron chi connectivity index (χ0n) is 15.2. The Morgan fingerprint density at radius 2 is 1.61 bits per heavy atom. The second-order valence-corrected chi connectivity index (χ2v) is 9.87. The lowest BCUT2D eigenvalue weighted by atomic mass is 9.44. The van der Waals surface area contributed by atoms with Gasteiger partial charge in [-0.25, -0.2) is 0 Å². The lowest BCUT2D eigenvalue weighted by molar-refractivity contribution is -0.138. The Bertz CT molecular complexity index is 500. The van der Waals surface area contributed by atoms with Crippen molar-refractivity contribution in [1.82, 2.24) is 0 Å². The molecule has 4 saturated carbocycles. The van der Waals surface area contributed by atoms with Gasteiger partial charge in [0.15, 0.2) is 0 Å². The Hall–Kier alpha value is -0.370. The van der Waals surface area contributed by atoms with Gasteiger partial charge in [-0.05, 0) is 99.2 Å². The predicted octanol–water partition coefficient (Wildman–Crippen LogP) is 4.60. The van der Waals surface area contributed by atoms with Crippen LogP contribution in [0.4, 0.5) is 0 Å². The first kappa shape index (κ1) is 16.1. The van der Waals surface area contributed by atoms with E-state index in [-0.39, 0.29) is 11.5 Å². The highest BCUT2D eigenvalue weighted by Gasteiger charge is 2.60. The average Bonchev–Trinajstić information content (AvgIpc) is 2.85. The molecule has 0 spiro atoms. The fraction of sp³-hybridized carbons (Fsp3) is 0.952. The maximum Gasteiger partial charge on any atom is 0.133 e. The summed E-state index contributed by atoms with van der Waals surface area (Å²) in [5.74, 6) is 3.97. The van der Waals surface area contributed by atoms with Crippen LogP contribution in [0.15, 0.2) is 0 Å². The molecule has 0 amide bonds. The molecule has 2 nitrogen and oxygen atoms in total. The molecule has 0 saturated heterocycles. The number of aliphatic hydroxyl groups is 1. The van der Waals surface area contributed by atoms with Crippen LogP contribution in [0.25, 0.3) is 0 Å². The van der Waals surface area contributed by atoms with Gasteiger partial charge in [-0.15, -0.1) is 0 Å². The number of fused-ring (bicyclic) bond motifs is 5. The summed E-state index contributed by atoms with van der Waals surface area (Å²) in [5, 5.41) is 10.1. The van der Waals surface area contributed by atoms with Crippen LogP contribution in [0.1, 0.15) is 78.6 Å². The Morgan fingerprint density at radius 1 is 0.913 bits per heavy atom. The number of ketones is 1. The maximum absolute atomic E-state index is 12.2. The molecular weight excluding hydrogens is 284 g/mol. The average molecular weight is 319 g/mol. The van der Waals surface area contributed by atoms with E-state index >= 15 is 0 Å². The molecule has 0 aliphatic heterocycles. The molecule has 1 N–H and O–H groups in total. The van der Waals surface area contributed by atoms with Crippen molar-refractivity contribution in [3.05, 3.63) is 0 Å². The third-order valence-corrected chi connectivity index (χ3v) is 9.13. The third kappa shape index (κ3) is 2.19. The normalized spacial score (nSPS) is 55.7. The molecule has 0 aromatic heterocycles. The molecule has 0 bridgehead atoms. The molecule has 4 rings (SSSR count). The van der Waals surface area contributed by atoms with E-state index in [9.17, 15) is 9.90 Å². The van der Waals surface area contributed by atoms with Crippen LogP contribution < -0.4 is 0 Å². The summed E-state index contributed by atoms with van der Waals surface area (Å²) in [7, 11) is 0. The zero-order valence-corrected chi connectivity index (χ0v) is 15.2. The van der Waals surface area contributed by atoms with E-state index < -0.39 is 0 Å². The minimum Gasteiger partial charge on any atom is -0.393 e. The van der Waals surface area contributed by atoms with Gasteiger partial charge >= 0.3 is 0 Å². The fourth-order valence-electron chi connectivity index (χ4n) is 7.90. The summed E-state index contributed by atoms with van der Waals surface area (Å²) in [6, 6.07) is 0. The molecule has 8 atom stereocenters. The molecule has 4 aliphatic carbocycles. The third-order valence-electron chi connectivity index (χ3n) is 9.13. The number of carbonyl (C=O) groups is 1.